The third kappa shape index (κ3) is 3.61. The molecule has 4 N–H and O–H groups in total. The number of benzene rings is 1. The molecule has 0 saturated heterocycles. The van der Waals surface area contributed by atoms with Crippen molar-refractivity contribution in [3.63, 3.8) is 0 Å². The lowest BCUT2D eigenvalue weighted by Gasteiger charge is -2.17. The van der Waals surface area contributed by atoms with Gasteiger partial charge in [0.2, 0.25) is 5.91 Å². The van der Waals surface area contributed by atoms with Crippen LogP contribution in [0.1, 0.15) is 24.2 Å². The number of nitrogens with two attached hydrogens (primary N) is 1. The maximum absolute atomic E-state index is 11.9. The Hall–Kier alpha value is -1.79. The molecule has 110 valence electrons. The van der Waals surface area contributed by atoms with Crippen LogP contribution in [0.25, 0.3) is 0 Å². The normalized spacial score (nSPS) is 12.1. The van der Waals surface area contributed by atoms with E-state index in [4.69, 9.17) is 27.2 Å². The Morgan fingerprint density at radius 2 is 2.00 bits per heavy atom. The van der Waals surface area contributed by atoms with Crippen LogP contribution in [0.15, 0.2) is 12.1 Å². The van der Waals surface area contributed by atoms with Gasteiger partial charge in [0.1, 0.15) is 11.3 Å². The number of ether oxygens (including phenoxy) is 1. The van der Waals surface area contributed by atoms with Gasteiger partial charge in [0.05, 0.1) is 23.9 Å². The van der Waals surface area contributed by atoms with Crippen molar-refractivity contribution >= 4 is 29.2 Å². The standard InChI is InChI=1S/C13H17ClN2O4/c1-6(2)11(15)12(17)16-9-5-10(20-3)7(13(18)19)4-8(9)14/h4-6,11H,15H2,1-3H3,(H,16,17)(H,18,19)/t11-/m1/s1. The highest BCUT2D eigenvalue weighted by atomic mass is 35.5. The van der Waals surface area contributed by atoms with Gasteiger partial charge in [-0.3, -0.25) is 4.79 Å². The molecule has 0 unspecified atom stereocenters. The minimum absolute atomic E-state index is 0.0334. The molecule has 0 heterocycles. The molecule has 0 bridgehead atoms. The molecular weight excluding hydrogens is 284 g/mol. The highest BCUT2D eigenvalue weighted by Gasteiger charge is 2.20. The zero-order chi connectivity index (χ0) is 15.4. The Morgan fingerprint density at radius 3 is 2.45 bits per heavy atom. The summed E-state index contributed by atoms with van der Waals surface area (Å²) in [5.74, 6) is -1.49. The van der Waals surface area contributed by atoms with Crippen LogP contribution in [-0.4, -0.2) is 30.1 Å². The minimum Gasteiger partial charge on any atom is -0.496 e. The number of nitrogens with one attached hydrogen (secondary N) is 1. The molecule has 1 rings (SSSR count). The molecular formula is C13H17ClN2O4. The molecule has 0 aliphatic carbocycles. The third-order valence-corrected chi connectivity index (χ3v) is 3.11. The van der Waals surface area contributed by atoms with Crippen molar-refractivity contribution in [2.75, 3.05) is 12.4 Å². The molecule has 0 radical (unpaired) electrons. The number of hydrogen-bond donors (Lipinski definition) is 3. The number of methoxy groups -OCH3 is 1. The number of halogens is 1. The summed E-state index contributed by atoms with van der Waals surface area (Å²) in [4.78, 5) is 22.9. The van der Waals surface area contributed by atoms with Gasteiger partial charge in [-0.25, -0.2) is 4.79 Å². The van der Waals surface area contributed by atoms with Gasteiger partial charge < -0.3 is 20.9 Å². The Balaban J connectivity index is 3.08. The van der Waals surface area contributed by atoms with Crippen molar-refractivity contribution in [3.8, 4) is 5.75 Å². The van der Waals surface area contributed by atoms with E-state index in [-0.39, 0.29) is 27.9 Å². The lowest BCUT2D eigenvalue weighted by molar-refractivity contribution is -0.118. The number of anilines is 1. The molecule has 6 nitrogen and oxygen atoms in total. The summed E-state index contributed by atoms with van der Waals surface area (Å²) in [6, 6.07) is 1.90. The predicted molar refractivity (Wildman–Crippen MR) is 76.4 cm³/mol. The van der Waals surface area contributed by atoms with Gasteiger partial charge in [-0.15, -0.1) is 0 Å². The molecule has 0 aliphatic heterocycles. The Kier molecular flexibility index (Phi) is 5.35. The van der Waals surface area contributed by atoms with Crippen LogP contribution in [0.4, 0.5) is 5.69 Å². The van der Waals surface area contributed by atoms with E-state index in [2.05, 4.69) is 5.32 Å². The second-order valence-electron chi connectivity index (χ2n) is 4.60. The van der Waals surface area contributed by atoms with E-state index >= 15 is 0 Å². The summed E-state index contributed by atoms with van der Waals surface area (Å²) < 4.78 is 4.97. The van der Waals surface area contributed by atoms with Crippen LogP contribution in [0.3, 0.4) is 0 Å². The topological polar surface area (TPSA) is 102 Å². The number of amides is 1. The minimum atomic E-state index is -1.17. The first-order chi connectivity index (χ1) is 9.27. The molecule has 1 aromatic rings. The first-order valence-corrected chi connectivity index (χ1v) is 6.33. The fourth-order valence-corrected chi connectivity index (χ4v) is 1.71. The molecule has 0 saturated carbocycles. The maximum Gasteiger partial charge on any atom is 0.339 e. The summed E-state index contributed by atoms with van der Waals surface area (Å²) >= 11 is 5.96. The SMILES string of the molecule is COc1cc(NC(=O)[C@H](N)C(C)C)c(Cl)cc1C(=O)O. The number of carboxylic acids is 1. The summed E-state index contributed by atoms with van der Waals surface area (Å²) in [6.07, 6.45) is 0. The molecule has 0 aliphatic rings. The highest BCUT2D eigenvalue weighted by Crippen LogP contribution is 2.31. The lowest BCUT2D eigenvalue weighted by atomic mass is 10.0. The molecule has 1 amide bonds. The van der Waals surface area contributed by atoms with Crippen molar-refractivity contribution < 1.29 is 19.4 Å². The average Bonchev–Trinajstić information content (AvgIpc) is 2.39. The van der Waals surface area contributed by atoms with E-state index in [1.54, 1.807) is 0 Å². The van der Waals surface area contributed by atoms with E-state index in [1.165, 1.54) is 19.2 Å². The van der Waals surface area contributed by atoms with Crippen molar-refractivity contribution in [2.45, 2.75) is 19.9 Å². The highest BCUT2D eigenvalue weighted by molar-refractivity contribution is 6.34. The molecule has 0 aromatic heterocycles. The quantitative estimate of drug-likeness (QED) is 0.771. The molecule has 1 aromatic carbocycles. The summed E-state index contributed by atoms with van der Waals surface area (Å²) in [6.45, 7) is 3.64. The summed E-state index contributed by atoms with van der Waals surface area (Å²) in [5, 5.41) is 11.7. The second kappa shape index (κ2) is 6.58. The van der Waals surface area contributed by atoms with E-state index in [0.29, 0.717) is 0 Å². The van der Waals surface area contributed by atoms with Crippen LogP contribution in [0.5, 0.6) is 5.75 Å². The van der Waals surface area contributed by atoms with Crippen LogP contribution < -0.4 is 15.8 Å². The predicted octanol–water partition coefficient (Wildman–Crippen LogP) is 1.97. The van der Waals surface area contributed by atoms with Gasteiger partial charge in [0, 0.05) is 6.07 Å². The lowest BCUT2D eigenvalue weighted by Crippen LogP contribution is -2.39. The average molecular weight is 301 g/mol. The number of aromatic carboxylic acids is 1. The van der Waals surface area contributed by atoms with Gasteiger partial charge in [-0.05, 0) is 12.0 Å². The van der Waals surface area contributed by atoms with Crippen molar-refractivity contribution in [3.05, 3.63) is 22.7 Å². The van der Waals surface area contributed by atoms with E-state index in [0.717, 1.165) is 0 Å². The zero-order valence-electron chi connectivity index (χ0n) is 11.4. The Labute approximate surface area is 121 Å². The van der Waals surface area contributed by atoms with Gasteiger partial charge >= 0.3 is 5.97 Å². The van der Waals surface area contributed by atoms with E-state index in [9.17, 15) is 9.59 Å². The number of carbonyl (C=O) groups is 2. The first-order valence-electron chi connectivity index (χ1n) is 5.95. The molecule has 1 atom stereocenters. The fourth-order valence-electron chi connectivity index (χ4n) is 1.50. The van der Waals surface area contributed by atoms with Crippen molar-refractivity contribution in [2.24, 2.45) is 11.7 Å². The second-order valence-corrected chi connectivity index (χ2v) is 5.00. The van der Waals surface area contributed by atoms with Crippen LogP contribution >= 0.6 is 11.6 Å². The fraction of sp³-hybridized carbons (Fsp3) is 0.385. The van der Waals surface area contributed by atoms with Gasteiger partial charge in [-0.1, -0.05) is 25.4 Å². The van der Waals surface area contributed by atoms with Crippen molar-refractivity contribution in [1.82, 2.24) is 0 Å². The van der Waals surface area contributed by atoms with Crippen LogP contribution in [-0.2, 0) is 4.79 Å². The Bertz CT molecular complexity index is 531. The number of carboxylic acid groups (broad SMARTS) is 1. The number of rotatable bonds is 5. The van der Waals surface area contributed by atoms with Gasteiger partial charge in [-0.2, -0.15) is 0 Å². The Morgan fingerprint density at radius 1 is 1.40 bits per heavy atom. The molecule has 0 spiro atoms. The summed E-state index contributed by atoms with van der Waals surface area (Å²) in [7, 11) is 1.33. The monoisotopic (exact) mass is 300 g/mol. The molecule has 7 heteroatoms. The van der Waals surface area contributed by atoms with Gasteiger partial charge in [0.25, 0.3) is 0 Å². The number of carbonyl (C=O) groups excluding carboxylic acids is 1. The largest absolute Gasteiger partial charge is 0.496 e. The van der Waals surface area contributed by atoms with Crippen molar-refractivity contribution in [1.29, 1.82) is 0 Å². The zero-order valence-corrected chi connectivity index (χ0v) is 12.2. The van der Waals surface area contributed by atoms with E-state index < -0.39 is 17.9 Å². The smallest absolute Gasteiger partial charge is 0.339 e. The third-order valence-electron chi connectivity index (χ3n) is 2.80. The van der Waals surface area contributed by atoms with E-state index in [1.807, 2.05) is 13.8 Å². The van der Waals surface area contributed by atoms with Crippen LogP contribution in [0, 0.1) is 5.92 Å². The molecule has 20 heavy (non-hydrogen) atoms. The van der Waals surface area contributed by atoms with Gasteiger partial charge in [0.15, 0.2) is 0 Å². The number of hydrogen-bond acceptors (Lipinski definition) is 4. The maximum atomic E-state index is 11.9. The summed E-state index contributed by atoms with van der Waals surface area (Å²) in [5.41, 5.74) is 5.91. The van der Waals surface area contributed by atoms with Crippen LogP contribution in [0.2, 0.25) is 5.02 Å². The first kappa shape index (κ1) is 16.3. The molecule has 0 fully saturated rings.